The van der Waals surface area contributed by atoms with Crippen LogP contribution < -0.4 is 64.9 Å². The van der Waals surface area contributed by atoms with Crippen LogP contribution in [0.15, 0.2) is 285 Å². The summed E-state index contributed by atoms with van der Waals surface area (Å²) < 4.78 is 37.6. The first-order valence-corrected chi connectivity index (χ1v) is 50.1. The van der Waals surface area contributed by atoms with Gasteiger partial charge in [-0.2, -0.15) is 0 Å². The van der Waals surface area contributed by atoms with Gasteiger partial charge in [0.15, 0.2) is 0 Å². The van der Waals surface area contributed by atoms with Crippen LogP contribution in [0.25, 0.3) is 0 Å². The molecule has 0 radical (unpaired) electrons. The molecular weight excluding hydrogens is 1870 g/mol. The standard InChI is InChI=1S/C26H29N3O4S.3C21H26N2O3.C20H25N3O3.CH4.HO4P.H2/c1-19-7-12-24(34-19)26(32)27-15-23(30)17-28(16-20-5-3-2-4-6-20)21-8-10-22(11-9-21)29-13-14-33-18-25(29)31;3*1-2-20(24)15-22(14-17-6-4-3-5-7-17)18-8-10-19(11-9-18)23-12-13-26-16-21(23)25;21-12-19(24)14-22(13-16-4-2-1-3-5-16)17-6-8-18(9-7-17)23-10-11-26-15-20(23)25;;1-4-5(2)3;/h2-12,23,30H,13-18H2,1H3,(H,27,32);3*3-11,20,24H,2,12-16H2,1H3;1-9,19,24H,10-15,21H2;1H4;1H;1H/t23-;3*20-;19-;;;/m00000.../s1. The summed E-state index contributed by atoms with van der Waals surface area (Å²) in [7, 11) is -3.04. The molecule has 1 aromatic heterocycles. The van der Waals surface area contributed by atoms with Gasteiger partial charge in [0.25, 0.3) is 35.4 Å². The first kappa shape index (κ1) is 113. The van der Waals surface area contributed by atoms with Gasteiger partial charge in [0.2, 0.25) is 0 Å². The number of nitrogens with zero attached hydrogens (tertiary/aromatic N) is 10. The zero-order valence-electron chi connectivity index (χ0n) is 81.5. The third-order valence-corrected chi connectivity index (χ3v) is 25.1. The largest absolute Gasteiger partial charge is 0.565 e. The number of hydrogen-bond acceptors (Lipinski definition) is 27. The Labute approximate surface area is 850 Å². The number of thiophene rings is 1. The van der Waals surface area contributed by atoms with E-state index in [-0.39, 0.29) is 109 Å². The van der Waals surface area contributed by atoms with Gasteiger partial charge < -0.3 is 114 Å². The van der Waals surface area contributed by atoms with Crippen molar-refractivity contribution in [1.29, 1.82) is 0 Å². The van der Waals surface area contributed by atoms with Crippen molar-refractivity contribution in [2.24, 2.45) is 5.73 Å². The van der Waals surface area contributed by atoms with Crippen molar-refractivity contribution >= 4 is 112 Å². The maximum absolute atomic E-state index is 12.4. The fourth-order valence-electron chi connectivity index (χ4n) is 16.1. The number of morpholine rings is 5. The number of nitrogens with two attached hydrogens (primary N) is 1. The second-order valence-electron chi connectivity index (χ2n) is 34.6. The summed E-state index contributed by atoms with van der Waals surface area (Å²) in [5, 5.41) is 61.1. The number of aryl methyl sites for hydroxylation is 1. The lowest BCUT2D eigenvalue weighted by molar-refractivity contribution is -0.244. The van der Waals surface area contributed by atoms with E-state index in [1.165, 1.54) is 28.0 Å². The van der Waals surface area contributed by atoms with E-state index in [0.29, 0.717) is 136 Å². The van der Waals surface area contributed by atoms with Gasteiger partial charge in [0.1, 0.15) is 33.0 Å². The van der Waals surface area contributed by atoms with Gasteiger partial charge in [-0.1, -0.05) is 180 Å². The smallest absolute Gasteiger partial charge is 0.521 e. The number of hydrogen-bond donors (Lipinski definition) is 8. The number of amides is 6. The highest BCUT2D eigenvalue weighted by atomic mass is 32.1. The minimum Gasteiger partial charge on any atom is -0.565 e. The topological polar surface area (TPSA) is 390 Å². The van der Waals surface area contributed by atoms with Crippen LogP contribution in [0.2, 0.25) is 0 Å². The fourth-order valence-corrected chi connectivity index (χ4v) is 16.9. The van der Waals surface area contributed by atoms with Crippen LogP contribution in [0.4, 0.5) is 56.9 Å². The molecule has 5 fully saturated rings. The summed E-state index contributed by atoms with van der Waals surface area (Å²) in [6.07, 6.45) is -0.339. The highest BCUT2D eigenvalue weighted by molar-refractivity contribution is 7.30. The molecule has 11 aromatic rings. The van der Waals surface area contributed by atoms with Crippen molar-refractivity contribution in [2.75, 3.05) is 194 Å². The number of carbonyl (C=O) groups excluding carboxylic acids is 6. The third-order valence-electron chi connectivity index (χ3n) is 24.0. The predicted octanol–water partition coefficient (Wildman–Crippen LogP) is 13.5. The average molecular weight is 2010 g/mol. The van der Waals surface area contributed by atoms with Crippen molar-refractivity contribution in [3.63, 3.8) is 0 Å². The van der Waals surface area contributed by atoms with Crippen molar-refractivity contribution in [3.8, 4) is 0 Å². The molecule has 6 amide bonds. The Morgan fingerprint density at radius 2 is 0.590 bits per heavy atom. The second kappa shape index (κ2) is 60.8. The molecule has 0 aliphatic carbocycles. The van der Waals surface area contributed by atoms with Crippen LogP contribution in [0.3, 0.4) is 0 Å². The second-order valence-corrected chi connectivity index (χ2v) is 36.5. The summed E-state index contributed by atoms with van der Waals surface area (Å²) in [5.74, 6) is -0.271. The quantitative estimate of drug-likeness (QED) is 0.0101. The predicted molar refractivity (Wildman–Crippen MR) is 567 cm³/mol. The van der Waals surface area contributed by atoms with Crippen molar-refractivity contribution in [3.05, 3.63) is 323 Å². The maximum atomic E-state index is 12.4. The Morgan fingerprint density at radius 1 is 0.375 bits per heavy atom. The number of aliphatic hydroxyl groups is 5. The molecule has 5 aliphatic rings. The van der Waals surface area contributed by atoms with E-state index < -0.39 is 20.5 Å². The van der Waals surface area contributed by atoms with Crippen LogP contribution in [0.5, 0.6) is 0 Å². The van der Waals surface area contributed by atoms with Gasteiger partial charge >= 0.3 is 8.25 Å². The molecule has 144 heavy (non-hydrogen) atoms. The van der Waals surface area contributed by atoms with Crippen molar-refractivity contribution in [1.82, 2.24) is 5.32 Å². The molecule has 6 heterocycles. The van der Waals surface area contributed by atoms with Crippen LogP contribution in [-0.2, 0) is 89.6 Å². The van der Waals surface area contributed by atoms with Gasteiger partial charge in [-0.15, -0.1) is 11.3 Å². The monoisotopic (exact) mass is 2010 g/mol. The summed E-state index contributed by atoms with van der Waals surface area (Å²) in [5.41, 5.74) is 20.8. The van der Waals surface area contributed by atoms with Crippen LogP contribution in [0, 0.1) is 6.92 Å². The lowest BCUT2D eigenvalue weighted by atomic mass is 10.1. The molecule has 0 saturated carbocycles. The molecule has 16 rings (SSSR count). The van der Waals surface area contributed by atoms with E-state index in [4.69, 9.17) is 44.1 Å². The average Bonchev–Trinajstić information content (AvgIpc) is 1.79. The molecule has 1 unspecified atom stereocenters. The molecule has 6 atom stereocenters. The zero-order chi connectivity index (χ0) is 102. The molecule has 5 saturated heterocycles. The van der Waals surface area contributed by atoms with Crippen molar-refractivity contribution in [2.45, 2.75) is 118 Å². The van der Waals surface area contributed by atoms with Gasteiger partial charge in [-0.3, -0.25) is 28.8 Å². The Balaban J connectivity index is 0.000000199. The van der Waals surface area contributed by atoms with E-state index >= 15 is 0 Å². The highest BCUT2D eigenvalue weighted by Crippen LogP contribution is 2.32. The van der Waals surface area contributed by atoms with Gasteiger partial charge in [-0.05, 0) is 192 Å². The molecule has 0 bridgehead atoms. The molecule has 34 heteroatoms. The molecule has 9 N–H and O–H groups in total. The van der Waals surface area contributed by atoms with E-state index in [1.807, 2.05) is 258 Å². The van der Waals surface area contributed by atoms with Gasteiger partial charge in [0, 0.05) is 179 Å². The van der Waals surface area contributed by atoms with Gasteiger partial charge in [0.05, 0.1) is 68.4 Å². The SMILES string of the molecule is C.CC[C@H](O)CN(Cc1ccccc1)c1ccc(N2CCOCC2=O)cc1.CC[C@H](O)CN(Cc1ccccc1)c1ccc(N2CCOCC2=O)cc1.CC[C@H](O)CN(Cc1ccccc1)c1ccc(N2CCOCC2=O)cc1.Cc1ccc(C(=O)NC[C@H](O)CN(Cc2ccccc2)c2ccc(N3CCOCC3=O)cc2)s1.NC[C@H](O)CN(Cc1ccccc1)c1ccc(N2CCOCC2=O)cc1.O=[P+]([O-])OO.[HH]. The molecule has 10 aromatic carbocycles. The molecule has 770 valence electrons. The highest BCUT2D eigenvalue weighted by Gasteiger charge is 2.28. The zero-order valence-corrected chi connectivity index (χ0v) is 83.3. The van der Waals surface area contributed by atoms with Crippen LogP contribution in [0.1, 0.15) is 91.3 Å². The number of nitrogens with one attached hydrogen (secondary N) is 1. The summed E-state index contributed by atoms with van der Waals surface area (Å²) in [6.45, 7) is 20.5. The normalized spacial score (nSPS) is 15.2. The van der Waals surface area contributed by atoms with Crippen LogP contribution >= 0.6 is 19.6 Å². The number of rotatable bonds is 38. The number of anilines is 10. The lowest BCUT2D eigenvalue weighted by Crippen LogP contribution is -2.41. The first-order valence-electron chi connectivity index (χ1n) is 48.2. The lowest BCUT2D eigenvalue weighted by Gasteiger charge is -2.30. The summed E-state index contributed by atoms with van der Waals surface area (Å²) in [6, 6.07) is 94.0. The Hall–Kier alpha value is -12.7. The number of carbonyl (C=O) groups is 6. The maximum Gasteiger partial charge on any atom is 0.521 e. The summed E-state index contributed by atoms with van der Waals surface area (Å²) >= 11 is 1.43. The Kier molecular flexibility index (Phi) is 47.8. The van der Waals surface area contributed by atoms with E-state index in [9.17, 15) is 54.3 Å². The van der Waals surface area contributed by atoms with E-state index in [0.717, 1.165) is 92.5 Å². The molecule has 32 nitrogen and oxygen atoms in total. The van der Waals surface area contributed by atoms with Gasteiger partial charge in [-0.25, -0.2) is 5.26 Å². The number of benzene rings is 10. The summed E-state index contributed by atoms with van der Waals surface area (Å²) in [4.78, 5) is 103. The number of aliphatic hydroxyl groups excluding tert-OH is 5. The Bertz CT molecular complexity index is 5140. The molecular formula is C110H139N12O20PS. The van der Waals surface area contributed by atoms with E-state index in [1.54, 1.807) is 30.6 Å². The molecule has 0 spiro atoms. The number of ether oxygens (including phenoxy) is 5. The first-order chi connectivity index (χ1) is 69.4. The molecule has 5 aliphatic heterocycles. The minimum absolute atomic E-state index is 0. The fraction of sp³-hybridized carbons (Fsp3) is 0.364. The Morgan fingerprint density at radius 3 is 0.778 bits per heavy atom. The van der Waals surface area contributed by atoms with Crippen LogP contribution in [-0.4, -0.2) is 241 Å². The third kappa shape index (κ3) is 36.8. The van der Waals surface area contributed by atoms with Crippen molar-refractivity contribution < 1.29 is 98.8 Å². The minimum atomic E-state index is -3.04. The van der Waals surface area contributed by atoms with E-state index in [2.05, 4.69) is 83.0 Å².